The number of allylic oxidation sites excluding steroid dienone is 1. The molecule has 2 heterocycles. The van der Waals surface area contributed by atoms with Crippen molar-refractivity contribution in [1.82, 2.24) is 19.7 Å². The molecule has 8 heteroatoms. The van der Waals surface area contributed by atoms with Crippen molar-refractivity contribution in [3.63, 3.8) is 0 Å². The van der Waals surface area contributed by atoms with E-state index >= 15 is 0 Å². The maximum Gasteiger partial charge on any atom is 0.191 e. The van der Waals surface area contributed by atoms with Crippen LogP contribution in [0.5, 0.6) is 5.75 Å². The Bertz CT molecular complexity index is 1420. The van der Waals surface area contributed by atoms with Crippen LogP contribution in [0.25, 0.3) is 11.1 Å². The van der Waals surface area contributed by atoms with Crippen LogP contribution in [0.4, 0.5) is 10.8 Å². The van der Waals surface area contributed by atoms with E-state index in [0.717, 1.165) is 44.4 Å². The van der Waals surface area contributed by atoms with Gasteiger partial charge in [-0.3, -0.25) is 4.57 Å². The molecule has 0 fully saturated rings. The highest BCUT2D eigenvalue weighted by atomic mass is 32.2. The van der Waals surface area contributed by atoms with E-state index in [1.807, 2.05) is 77.4 Å². The monoisotopic (exact) mass is 511 g/mol. The van der Waals surface area contributed by atoms with E-state index in [0.29, 0.717) is 18.9 Å². The van der Waals surface area contributed by atoms with Gasteiger partial charge in [-0.05, 0) is 23.8 Å². The lowest BCUT2D eigenvalue weighted by atomic mass is 10.1. The maximum atomic E-state index is 6.21. The molecule has 5 rings (SSSR count). The average Bonchev–Trinajstić information content (AvgIpc) is 3.54. The van der Waals surface area contributed by atoms with Crippen LogP contribution in [-0.4, -0.2) is 19.7 Å². The second-order valence-electron chi connectivity index (χ2n) is 7.87. The molecule has 3 aromatic carbocycles. The molecule has 0 aliphatic heterocycles. The zero-order valence-corrected chi connectivity index (χ0v) is 21.2. The largest absolute Gasteiger partial charge is 0.485 e. The number of nitrogens with zero attached hydrogens (tertiary/aromatic N) is 4. The molecular weight excluding hydrogens is 486 g/mol. The number of thioether (sulfide) groups is 1. The Kier molecular flexibility index (Phi) is 7.75. The maximum absolute atomic E-state index is 6.21. The summed E-state index contributed by atoms with van der Waals surface area (Å²) in [6.07, 6.45) is 1.85. The van der Waals surface area contributed by atoms with Gasteiger partial charge in [0.05, 0.1) is 5.69 Å². The van der Waals surface area contributed by atoms with Crippen LogP contribution in [0.2, 0.25) is 0 Å². The van der Waals surface area contributed by atoms with Crippen molar-refractivity contribution in [3.05, 3.63) is 114 Å². The molecule has 0 aliphatic carbocycles. The number of thiazole rings is 1. The van der Waals surface area contributed by atoms with Gasteiger partial charge in [-0.25, -0.2) is 4.98 Å². The quantitative estimate of drug-likeness (QED) is 0.149. The average molecular weight is 512 g/mol. The summed E-state index contributed by atoms with van der Waals surface area (Å²) in [6.45, 7) is 4.82. The molecule has 0 bridgehead atoms. The highest BCUT2D eigenvalue weighted by Gasteiger charge is 2.15. The van der Waals surface area contributed by atoms with Gasteiger partial charge in [0, 0.05) is 28.9 Å². The molecule has 0 spiro atoms. The van der Waals surface area contributed by atoms with E-state index in [1.165, 1.54) is 0 Å². The number of para-hydroxylation sites is 2. The number of ether oxygens (including phenoxy) is 1. The van der Waals surface area contributed by atoms with E-state index in [-0.39, 0.29) is 0 Å². The fourth-order valence-corrected chi connectivity index (χ4v) is 5.35. The van der Waals surface area contributed by atoms with E-state index in [9.17, 15) is 0 Å². The molecule has 0 aliphatic rings. The van der Waals surface area contributed by atoms with Crippen molar-refractivity contribution in [2.45, 2.75) is 24.1 Å². The molecule has 6 nitrogen and oxygen atoms in total. The van der Waals surface area contributed by atoms with E-state index in [2.05, 4.69) is 45.7 Å². The van der Waals surface area contributed by atoms with Crippen molar-refractivity contribution in [2.24, 2.45) is 0 Å². The predicted octanol–water partition coefficient (Wildman–Crippen LogP) is 7.20. The summed E-state index contributed by atoms with van der Waals surface area (Å²) in [5.41, 5.74) is 4.17. The van der Waals surface area contributed by atoms with Crippen LogP contribution in [0.15, 0.2) is 108 Å². The first-order chi connectivity index (χ1) is 17.8. The van der Waals surface area contributed by atoms with Crippen LogP contribution in [0, 0.1) is 0 Å². The number of rotatable bonds is 11. The molecule has 180 valence electrons. The van der Waals surface area contributed by atoms with Gasteiger partial charge < -0.3 is 10.1 Å². The van der Waals surface area contributed by atoms with Gasteiger partial charge in [-0.1, -0.05) is 84.6 Å². The smallest absolute Gasteiger partial charge is 0.191 e. The Hall–Kier alpha value is -3.88. The summed E-state index contributed by atoms with van der Waals surface area (Å²) in [7, 11) is 0. The van der Waals surface area contributed by atoms with E-state index in [4.69, 9.17) is 9.72 Å². The first-order valence-corrected chi connectivity index (χ1v) is 13.4. The van der Waals surface area contributed by atoms with Gasteiger partial charge in [-0.2, -0.15) is 0 Å². The Morgan fingerprint density at radius 2 is 1.69 bits per heavy atom. The standard InChI is InChI=1S/C28H25N5OS2/c1-2-17-33-26(18-34-25-16-10-9-15-24(25)21-11-5-3-6-12-21)31-32-28(33)36-20-23-19-35-27(30-23)29-22-13-7-4-8-14-22/h2-16,19H,1,17-18,20H2,(H,29,30). The Morgan fingerprint density at radius 3 is 2.50 bits per heavy atom. The van der Waals surface area contributed by atoms with Crippen LogP contribution in [0.1, 0.15) is 11.5 Å². The minimum absolute atomic E-state index is 0.313. The van der Waals surface area contributed by atoms with Crippen molar-refractivity contribution < 1.29 is 4.74 Å². The third-order valence-corrected chi connectivity index (χ3v) is 7.17. The molecule has 5 aromatic rings. The normalized spacial score (nSPS) is 10.8. The van der Waals surface area contributed by atoms with E-state index in [1.54, 1.807) is 23.1 Å². The molecule has 1 N–H and O–H groups in total. The molecule has 0 amide bonds. The minimum Gasteiger partial charge on any atom is -0.485 e. The van der Waals surface area contributed by atoms with Crippen molar-refractivity contribution in [2.75, 3.05) is 5.32 Å². The van der Waals surface area contributed by atoms with Crippen molar-refractivity contribution >= 4 is 33.9 Å². The summed E-state index contributed by atoms with van der Waals surface area (Å²) < 4.78 is 8.25. The van der Waals surface area contributed by atoms with Gasteiger partial charge in [0.2, 0.25) is 0 Å². The number of aromatic nitrogens is 4. The lowest BCUT2D eigenvalue weighted by molar-refractivity contribution is 0.290. The fourth-order valence-electron chi connectivity index (χ4n) is 3.65. The molecular formula is C28H25N5OS2. The van der Waals surface area contributed by atoms with E-state index < -0.39 is 0 Å². The highest BCUT2D eigenvalue weighted by Crippen LogP contribution is 2.31. The summed E-state index contributed by atoms with van der Waals surface area (Å²) >= 11 is 3.19. The number of benzene rings is 3. The molecule has 0 atom stereocenters. The zero-order valence-electron chi connectivity index (χ0n) is 19.6. The summed E-state index contributed by atoms with van der Waals surface area (Å²) in [6, 6.07) is 28.3. The predicted molar refractivity (Wildman–Crippen MR) is 148 cm³/mol. The lowest BCUT2D eigenvalue weighted by Crippen LogP contribution is -2.08. The second-order valence-corrected chi connectivity index (χ2v) is 9.67. The molecule has 0 saturated heterocycles. The van der Waals surface area contributed by atoms with Gasteiger partial charge in [0.1, 0.15) is 12.4 Å². The zero-order chi connectivity index (χ0) is 24.6. The first-order valence-electron chi connectivity index (χ1n) is 11.5. The molecule has 36 heavy (non-hydrogen) atoms. The van der Waals surface area contributed by atoms with Gasteiger partial charge in [0.25, 0.3) is 0 Å². The number of nitrogens with one attached hydrogen (secondary N) is 1. The third-order valence-electron chi connectivity index (χ3n) is 5.36. The van der Waals surface area contributed by atoms with Crippen molar-refractivity contribution in [3.8, 4) is 16.9 Å². The number of hydrogen-bond donors (Lipinski definition) is 1. The molecule has 2 aromatic heterocycles. The van der Waals surface area contributed by atoms with Gasteiger partial charge >= 0.3 is 0 Å². The molecule has 0 unspecified atom stereocenters. The van der Waals surface area contributed by atoms with Gasteiger partial charge in [0.15, 0.2) is 16.1 Å². The first kappa shape index (κ1) is 23.8. The lowest BCUT2D eigenvalue weighted by Gasteiger charge is -2.12. The highest BCUT2D eigenvalue weighted by molar-refractivity contribution is 7.98. The summed E-state index contributed by atoms with van der Waals surface area (Å²) in [5, 5.41) is 15.9. The number of anilines is 2. The second kappa shape index (κ2) is 11.7. The van der Waals surface area contributed by atoms with Crippen LogP contribution in [-0.2, 0) is 18.9 Å². The summed E-state index contributed by atoms with van der Waals surface area (Å²) in [5.74, 6) is 2.26. The molecule has 0 saturated carbocycles. The fraction of sp³-hybridized carbons (Fsp3) is 0.107. The molecule has 0 radical (unpaired) electrons. The van der Waals surface area contributed by atoms with Crippen LogP contribution < -0.4 is 10.1 Å². The minimum atomic E-state index is 0.313. The van der Waals surface area contributed by atoms with Crippen LogP contribution in [0.3, 0.4) is 0 Å². The Morgan fingerprint density at radius 1 is 0.944 bits per heavy atom. The van der Waals surface area contributed by atoms with Crippen LogP contribution >= 0.6 is 23.1 Å². The number of hydrogen-bond acceptors (Lipinski definition) is 7. The van der Waals surface area contributed by atoms with Crippen molar-refractivity contribution in [1.29, 1.82) is 0 Å². The Balaban J connectivity index is 1.25. The third kappa shape index (κ3) is 5.84. The topological polar surface area (TPSA) is 64.9 Å². The van der Waals surface area contributed by atoms with Gasteiger partial charge in [-0.15, -0.1) is 28.1 Å². The Labute approximate surface area is 218 Å². The summed E-state index contributed by atoms with van der Waals surface area (Å²) in [4.78, 5) is 4.70. The SMILES string of the molecule is C=CCn1c(COc2ccccc2-c2ccccc2)nnc1SCc1csc(Nc2ccccc2)n1.